The van der Waals surface area contributed by atoms with Crippen LogP contribution >= 0.6 is 0 Å². The molecule has 2 N–H and O–H groups in total. The van der Waals surface area contributed by atoms with Gasteiger partial charge in [-0.05, 0) is 50.4 Å². The average Bonchev–Trinajstić information content (AvgIpc) is 2.58. The summed E-state index contributed by atoms with van der Waals surface area (Å²) < 4.78 is 14.3. The molecule has 0 aromatic heterocycles. The summed E-state index contributed by atoms with van der Waals surface area (Å²) in [5.41, 5.74) is 1.01. The Kier molecular flexibility index (Phi) is 5.00. The lowest BCUT2D eigenvalue weighted by Crippen LogP contribution is -2.28. The molecule has 1 atom stereocenters. The van der Waals surface area contributed by atoms with Crippen LogP contribution in [0, 0.1) is 5.82 Å². The number of halogens is 1. The summed E-state index contributed by atoms with van der Waals surface area (Å²) >= 11 is 0. The standard InChI is InChI=1S/C16H25FN2O/c1-3-18-12-13-5-6-15(14(17)11-13)19-9-4-7-16(2,20)8-10-19/h5-6,11,18,20H,3-4,7-10,12H2,1-2H3. The summed E-state index contributed by atoms with van der Waals surface area (Å²) in [7, 11) is 0. The first-order valence-corrected chi connectivity index (χ1v) is 7.48. The fourth-order valence-corrected chi connectivity index (χ4v) is 2.69. The maximum absolute atomic E-state index is 14.3. The van der Waals surface area contributed by atoms with Crippen LogP contribution in [-0.4, -0.2) is 30.3 Å². The molecule has 1 aromatic rings. The van der Waals surface area contributed by atoms with E-state index in [-0.39, 0.29) is 5.82 Å². The Labute approximate surface area is 120 Å². The molecular weight excluding hydrogens is 255 g/mol. The number of hydrogen-bond donors (Lipinski definition) is 2. The lowest BCUT2D eigenvalue weighted by Gasteiger charge is -2.25. The van der Waals surface area contributed by atoms with E-state index in [0.29, 0.717) is 25.2 Å². The zero-order valence-electron chi connectivity index (χ0n) is 12.5. The number of rotatable bonds is 4. The van der Waals surface area contributed by atoms with Gasteiger partial charge in [-0.3, -0.25) is 0 Å². The number of hydrogen-bond acceptors (Lipinski definition) is 3. The van der Waals surface area contributed by atoms with E-state index in [4.69, 9.17) is 0 Å². The van der Waals surface area contributed by atoms with Crippen LogP contribution in [0.25, 0.3) is 0 Å². The second-order valence-electron chi connectivity index (χ2n) is 5.90. The van der Waals surface area contributed by atoms with E-state index in [2.05, 4.69) is 5.32 Å². The maximum Gasteiger partial charge on any atom is 0.146 e. The molecule has 0 bridgehead atoms. The van der Waals surface area contributed by atoms with Crippen molar-refractivity contribution in [1.29, 1.82) is 0 Å². The van der Waals surface area contributed by atoms with Crippen molar-refractivity contribution >= 4 is 5.69 Å². The van der Waals surface area contributed by atoms with Gasteiger partial charge in [0.2, 0.25) is 0 Å². The quantitative estimate of drug-likeness (QED) is 0.890. The van der Waals surface area contributed by atoms with Crippen LogP contribution in [0.5, 0.6) is 0 Å². The molecule has 0 amide bonds. The fourth-order valence-electron chi connectivity index (χ4n) is 2.69. The summed E-state index contributed by atoms with van der Waals surface area (Å²) in [5.74, 6) is -0.165. The van der Waals surface area contributed by atoms with E-state index in [1.54, 1.807) is 6.07 Å². The molecule has 20 heavy (non-hydrogen) atoms. The smallest absolute Gasteiger partial charge is 0.146 e. The van der Waals surface area contributed by atoms with E-state index >= 15 is 0 Å². The molecule has 1 aliphatic heterocycles. The third-order valence-electron chi connectivity index (χ3n) is 4.00. The summed E-state index contributed by atoms with van der Waals surface area (Å²) in [5, 5.41) is 13.3. The first kappa shape index (κ1) is 15.3. The van der Waals surface area contributed by atoms with Crippen LogP contribution < -0.4 is 10.2 Å². The molecular formula is C16H25FN2O. The van der Waals surface area contributed by atoms with Crippen molar-refractivity contribution in [3.05, 3.63) is 29.6 Å². The molecule has 0 saturated carbocycles. The second kappa shape index (κ2) is 6.55. The van der Waals surface area contributed by atoms with Crippen molar-refractivity contribution < 1.29 is 9.50 Å². The zero-order valence-corrected chi connectivity index (χ0v) is 12.5. The SMILES string of the molecule is CCNCc1ccc(N2CCCC(C)(O)CC2)c(F)c1. The summed E-state index contributed by atoms with van der Waals surface area (Å²) in [6, 6.07) is 5.45. The van der Waals surface area contributed by atoms with Gasteiger partial charge >= 0.3 is 0 Å². The molecule has 1 fully saturated rings. The third kappa shape index (κ3) is 3.93. The van der Waals surface area contributed by atoms with E-state index in [1.807, 2.05) is 30.9 Å². The predicted molar refractivity (Wildman–Crippen MR) is 80.5 cm³/mol. The number of nitrogens with zero attached hydrogens (tertiary/aromatic N) is 1. The highest BCUT2D eigenvalue weighted by Crippen LogP contribution is 2.27. The van der Waals surface area contributed by atoms with Crippen LogP contribution in [0.4, 0.5) is 10.1 Å². The molecule has 1 aliphatic rings. The van der Waals surface area contributed by atoms with Crippen LogP contribution in [0.1, 0.15) is 38.7 Å². The van der Waals surface area contributed by atoms with Gasteiger partial charge in [0, 0.05) is 19.6 Å². The highest BCUT2D eigenvalue weighted by molar-refractivity contribution is 5.49. The van der Waals surface area contributed by atoms with Crippen LogP contribution in [0.2, 0.25) is 0 Å². The molecule has 1 saturated heterocycles. The summed E-state index contributed by atoms with van der Waals surface area (Å²) in [6.45, 7) is 6.99. The molecule has 2 rings (SSSR count). The highest BCUT2D eigenvalue weighted by Gasteiger charge is 2.25. The molecule has 1 aromatic carbocycles. The Morgan fingerprint density at radius 1 is 1.35 bits per heavy atom. The van der Waals surface area contributed by atoms with Crippen molar-refractivity contribution in [2.45, 2.75) is 45.3 Å². The monoisotopic (exact) mass is 280 g/mol. The Morgan fingerprint density at radius 2 is 2.15 bits per heavy atom. The minimum atomic E-state index is -0.615. The van der Waals surface area contributed by atoms with Crippen LogP contribution in [-0.2, 0) is 6.54 Å². The van der Waals surface area contributed by atoms with Gasteiger partial charge in [-0.15, -0.1) is 0 Å². The topological polar surface area (TPSA) is 35.5 Å². The Hall–Kier alpha value is -1.13. The van der Waals surface area contributed by atoms with E-state index in [0.717, 1.165) is 31.5 Å². The number of nitrogens with one attached hydrogen (secondary N) is 1. The second-order valence-corrected chi connectivity index (χ2v) is 5.90. The van der Waals surface area contributed by atoms with Gasteiger partial charge in [-0.1, -0.05) is 13.0 Å². The van der Waals surface area contributed by atoms with Gasteiger partial charge in [0.15, 0.2) is 0 Å². The molecule has 0 spiro atoms. The molecule has 1 unspecified atom stereocenters. The Balaban J connectivity index is 2.08. The Bertz CT molecular complexity index is 448. The van der Waals surface area contributed by atoms with Gasteiger partial charge in [-0.25, -0.2) is 4.39 Å². The molecule has 1 heterocycles. The normalized spacial score (nSPS) is 23.7. The summed E-state index contributed by atoms with van der Waals surface area (Å²) in [4.78, 5) is 2.05. The lowest BCUT2D eigenvalue weighted by molar-refractivity contribution is 0.0481. The van der Waals surface area contributed by atoms with Crippen molar-refractivity contribution in [3.8, 4) is 0 Å². The van der Waals surface area contributed by atoms with Crippen molar-refractivity contribution in [1.82, 2.24) is 5.32 Å². The minimum absolute atomic E-state index is 0.165. The fraction of sp³-hybridized carbons (Fsp3) is 0.625. The van der Waals surface area contributed by atoms with Gasteiger partial charge in [0.05, 0.1) is 11.3 Å². The molecule has 0 radical (unpaired) electrons. The zero-order chi connectivity index (χ0) is 14.6. The number of benzene rings is 1. The number of aliphatic hydroxyl groups is 1. The number of anilines is 1. The van der Waals surface area contributed by atoms with Gasteiger partial charge in [0.1, 0.15) is 5.82 Å². The largest absolute Gasteiger partial charge is 0.390 e. The lowest BCUT2D eigenvalue weighted by atomic mass is 9.98. The van der Waals surface area contributed by atoms with E-state index in [1.165, 1.54) is 0 Å². The van der Waals surface area contributed by atoms with Crippen LogP contribution in [0.3, 0.4) is 0 Å². The van der Waals surface area contributed by atoms with Gasteiger partial charge in [0.25, 0.3) is 0 Å². The maximum atomic E-state index is 14.3. The molecule has 4 heteroatoms. The summed E-state index contributed by atoms with van der Waals surface area (Å²) in [6.07, 6.45) is 2.36. The van der Waals surface area contributed by atoms with Crippen molar-refractivity contribution in [2.24, 2.45) is 0 Å². The van der Waals surface area contributed by atoms with Gasteiger partial charge < -0.3 is 15.3 Å². The molecule has 112 valence electrons. The predicted octanol–water partition coefficient (Wildman–Crippen LogP) is 2.68. The first-order chi connectivity index (χ1) is 9.52. The molecule has 3 nitrogen and oxygen atoms in total. The minimum Gasteiger partial charge on any atom is -0.390 e. The first-order valence-electron chi connectivity index (χ1n) is 7.48. The highest BCUT2D eigenvalue weighted by atomic mass is 19.1. The van der Waals surface area contributed by atoms with Crippen molar-refractivity contribution in [3.63, 3.8) is 0 Å². The van der Waals surface area contributed by atoms with Gasteiger partial charge in [-0.2, -0.15) is 0 Å². The van der Waals surface area contributed by atoms with Crippen LogP contribution in [0.15, 0.2) is 18.2 Å². The Morgan fingerprint density at radius 3 is 2.85 bits per heavy atom. The molecule has 0 aliphatic carbocycles. The van der Waals surface area contributed by atoms with Crippen molar-refractivity contribution in [2.75, 3.05) is 24.5 Å². The van der Waals surface area contributed by atoms with E-state index in [9.17, 15) is 9.50 Å². The average molecular weight is 280 g/mol. The van der Waals surface area contributed by atoms with E-state index < -0.39 is 5.60 Å². The third-order valence-corrected chi connectivity index (χ3v) is 4.00.